The second-order valence-corrected chi connectivity index (χ2v) is 8.17. The van der Waals surface area contributed by atoms with E-state index in [1.54, 1.807) is 30.3 Å². The van der Waals surface area contributed by atoms with Crippen LogP contribution in [0.4, 0.5) is 24.7 Å². The number of nitrogens with zero attached hydrogens (tertiary/aromatic N) is 2. The van der Waals surface area contributed by atoms with E-state index in [-0.39, 0.29) is 22.8 Å². The van der Waals surface area contributed by atoms with Gasteiger partial charge in [-0.15, -0.1) is 0 Å². The quantitative estimate of drug-likeness (QED) is 0.457. The number of hydrogen-bond donors (Lipinski definition) is 2. The van der Waals surface area contributed by atoms with Crippen LogP contribution in [0.25, 0.3) is 0 Å². The molecule has 0 radical (unpaired) electrons. The first kappa shape index (κ1) is 24.5. The lowest BCUT2D eigenvalue weighted by atomic mass is 9.96. The summed E-state index contributed by atoms with van der Waals surface area (Å²) in [6.07, 6.45) is -3.81. The summed E-state index contributed by atoms with van der Waals surface area (Å²) in [5.41, 5.74) is 0.842. The first-order chi connectivity index (χ1) is 16.7. The van der Waals surface area contributed by atoms with Crippen LogP contribution in [0.1, 0.15) is 34.4 Å². The second kappa shape index (κ2) is 9.57. The lowest BCUT2D eigenvalue weighted by molar-refractivity contribution is -0.173. The van der Waals surface area contributed by atoms with Gasteiger partial charge < -0.3 is 24.8 Å². The van der Waals surface area contributed by atoms with Gasteiger partial charge in [-0.1, -0.05) is 17.7 Å². The Morgan fingerprint density at radius 3 is 2.40 bits per heavy atom. The van der Waals surface area contributed by atoms with E-state index in [0.29, 0.717) is 28.5 Å². The van der Waals surface area contributed by atoms with Crippen LogP contribution in [0.5, 0.6) is 17.2 Å². The monoisotopic (exact) mass is 510 g/mol. The van der Waals surface area contributed by atoms with Gasteiger partial charge in [0.2, 0.25) is 0 Å². The van der Waals surface area contributed by atoms with Crippen molar-refractivity contribution in [3.05, 3.63) is 58.7 Å². The summed E-state index contributed by atoms with van der Waals surface area (Å²) in [5, 5.41) is 9.84. The smallest absolute Gasteiger partial charge is 0.410 e. The largest absolute Gasteiger partial charge is 0.495 e. The van der Waals surface area contributed by atoms with Crippen molar-refractivity contribution in [1.29, 1.82) is 0 Å². The molecule has 0 saturated heterocycles. The number of ether oxygens (including phenoxy) is 3. The molecule has 2 unspecified atom stereocenters. The Morgan fingerprint density at radius 1 is 1.09 bits per heavy atom. The van der Waals surface area contributed by atoms with Gasteiger partial charge in [0.05, 0.1) is 38.6 Å². The molecule has 4 rings (SSSR count). The minimum Gasteiger partial charge on any atom is -0.495 e. The van der Waals surface area contributed by atoms with Crippen molar-refractivity contribution >= 4 is 29.0 Å². The number of hydrogen-bond acceptors (Lipinski definition) is 6. The fourth-order valence-electron chi connectivity index (χ4n) is 3.96. The van der Waals surface area contributed by atoms with Crippen molar-refractivity contribution in [2.75, 3.05) is 32.0 Å². The highest BCUT2D eigenvalue weighted by molar-refractivity contribution is 6.32. The Labute approximate surface area is 203 Å². The molecule has 0 aliphatic carbocycles. The molecule has 0 bridgehead atoms. The fourth-order valence-corrected chi connectivity index (χ4v) is 4.22. The predicted molar refractivity (Wildman–Crippen MR) is 124 cm³/mol. The standard InChI is InChI=1S/C23H22ClF3N4O4/c1-33-17-7-5-13(9-15(17)24)29-22(32)14-11-28-31-20(23(25,26)27)10-16(30-21(14)31)12-4-6-18(34-2)19(8-12)35-3/h4-9,11,16,20,30H,10H2,1-3H3,(H,29,32). The first-order valence-corrected chi connectivity index (χ1v) is 10.8. The highest BCUT2D eigenvalue weighted by Crippen LogP contribution is 2.45. The number of fused-ring (bicyclic) bond motifs is 1. The summed E-state index contributed by atoms with van der Waals surface area (Å²) in [6, 6.07) is 6.78. The summed E-state index contributed by atoms with van der Waals surface area (Å²) in [5.74, 6) is 0.552. The van der Waals surface area contributed by atoms with Gasteiger partial charge in [-0.05, 0) is 35.9 Å². The Balaban J connectivity index is 1.68. The van der Waals surface area contributed by atoms with Crippen molar-refractivity contribution in [1.82, 2.24) is 9.78 Å². The molecule has 2 N–H and O–H groups in total. The Bertz CT molecular complexity index is 1250. The van der Waals surface area contributed by atoms with E-state index >= 15 is 0 Å². The molecule has 35 heavy (non-hydrogen) atoms. The van der Waals surface area contributed by atoms with Crippen molar-refractivity contribution < 1.29 is 32.2 Å². The number of carbonyl (C=O) groups is 1. The number of aromatic nitrogens is 2. The zero-order chi connectivity index (χ0) is 25.3. The predicted octanol–water partition coefficient (Wildman–Crippen LogP) is 5.47. The highest BCUT2D eigenvalue weighted by atomic mass is 35.5. The summed E-state index contributed by atoms with van der Waals surface area (Å²) in [4.78, 5) is 13.0. The summed E-state index contributed by atoms with van der Waals surface area (Å²) in [7, 11) is 4.36. The molecular formula is C23H22ClF3N4O4. The minimum atomic E-state index is -4.59. The van der Waals surface area contributed by atoms with Crippen LogP contribution in [0.15, 0.2) is 42.6 Å². The molecule has 1 aliphatic heterocycles. The number of halogens is 4. The van der Waals surface area contributed by atoms with E-state index in [0.717, 1.165) is 10.9 Å². The SMILES string of the molecule is COc1ccc(NC(=O)c2cnn3c2NC(c2ccc(OC)c(OC)c2)CC3C(F)(F)F)cc1Cl. The third kappa shape index (κ3) is 4.81. The molecule has 2 aromatic carbocycles. The molecule has 186 valence electrons. The van der Waals surface area contributed by atoms with E-state index in [4.69, 9.17) is 25.8 Å². The second-order valence-electron chi connectivity index (χ2n) is 7.76. The van der Waals surface area contributed by atoms with Crippen molar-refractivity contribution in [3.8, 4) is 17.2 Å². The molecule has 0 spiro atoms. The third-order valence-corrected chi connectivity index (χ3v) is 6.00. The van der Waals surface area contributed by atoms with Gasteiger partial charge in [0.25, 0.3) is 5.91 Å². The molecule has 2 atom stereocenters. The third-order valence-electron chi connectivity index (χ3n) is 5.70. The number of benzene rings is 2. The maximum Gasteiger partial charge on any atom is 0.410 e. The van der Waals surface area contributed by atoms with Crippen molar-refractivity contribution in [2.45, 2.75) is 24.7 Å². The van der Waals surface area contributed by atoms with Gasteiger partial charge >= 0.3 is 6.18 Å². The van der Waals surface area contributed by atoms with E-state index in [1.165, 1.54) is 27.4 Å². The lowest BCUT2D eigenvalue weighted by Gasteiger charge is -2.34. The van der Waals surface area contributed by atoms with Gasteiger partial charge in [-0.2, -0.15) is 18.3 Å². The number of carbonyl (C=O) groups excluding carboxylic acids is 1. The maximum atomic E-state index is 14.0. The highest BCUT2D eigenvalue weighted by Gasteiger charge is 2.47. The summed E-state index contributed by atoms with van der Waals surface area (Å²) >= 11 is 6.11. The van der Waals surface area contributed by atoms with Crippen LogP contribution in [0.2, 0.25) is 5.02 Å². The zero-order valence-corrected chi connectivity index (χ0v) is 19.7. The molecule has 1 aromatic heterocycles. The maximum absolute atomic E-state index is 14.0. The number of methoxy groups -OCH3 is 3. The molecule has 1 amide bonds. The molecular weight excluding hydrogens is 489 g/mol. The first-order valence-electron chi connectivity index (χ1n) is 10.4. The van der Waals surface area contributed by atoms with Gasteiger partial charge in [0.15, 0.2) is 17.5 Å². The van der Waals surface area contributed by atoms with E-state index in [2.05, 4.69) is 15.7 Å². The average Bonchev–Trinajstić information content (AvgIpc) is 3.26. The van der Waals surface area contributed by atoms with E-state index < -0.39 is 24.2 Å². The van der Waals surface area contributed by atoms with E-state index in [1.807, 2.05) is 0 Å². The number of nitrogens with one attached hydrogen (secondary N) is 2. The lowest BCUT2D eigenvalue weighted by Crippen LogP contribution is -2.36. The molecule has 12 heteroatoms. The van der Waals surface area contributed by atoms with Crippen LogP contribution in [-0.4, -0.2) is 43.2 Å². The van der Waals surface area contributed by atoms with E-state index in [9.17, 15) is 18.0 Å². The van der Waals surface area contributed by atoms with Crippen LogP contribution in [0, 0.1) is 0 Å². The van der Waals surface area contributed by atoms with Crippen LogP contribution >= 0.6 is 11.6 Å². The Morgan fingerprint density at radius 2 is 1.77 bits per heavy atom. The Hall–Kier alpha value is -3.60. The number of rotatable bonds is 6. The fraction of sp³-hybridized carbons (Fsp3) is 0.304. The topological polar surface area (TPSA) is 86.6 Å². The molecule has 1 aliphatic rings. The molecule has 8 nitrogen and oxygen atoms in total. The number of anilines is 2. The van der Waals surface area contributed by atoms with Gasteiger partial charge in [-0.25, -0.2) is 4.68 Å². The van der Waals surface area contributed by atoms with Crippen molar-refractivity contribution in [3.63, 3.8) is 0 Å². The molecule has 2 heterocycles. The summed E-state index contributed by atoms with van der Waals surface area (Å²) < 4.78 is 58.4. The normalized spacial score (nSPS) is 17.2. The van der Waals surface area contributed by atoms with Crippen molar-refractivity contribution in [2.24, 2.45) is 0 Å². The van der Waals surface area contributed by atoms with Crippen LogP contribution in [-0.2, 0) is 0 Å². The summed E-state index contributed by atoms with van der Waals surface area (Å²) in [6.45, 7) is 0. The molecule has 0 fully saturated rings. The zero-order valence-electron chi connectivity index (χ0n) is 18.9. The number of alkyl halides is 3. The van der Waals surface area contributed by atoms with Crippen LogP contribution < -0.4 is 24.8 Å². The van der Waals surface area contributed by atoms with Gasteiger partial charge in [0.1, 0.15) is 17.1 Å². The van der Waals surface area contributed by atoms with Gasteiger partial charge in [-0.3, -0.25) is 4.79 Å². The van der Waals surface area contributed by atoms with Gasteiger partial charge in [0, 0.05) is 12.1 Å². The minimum absolute atomic E-state index is 0.0450. The molecule has 3 aromatic rings. The molecule has 0 saturated carbocycles. The average molecular weight is 511 g/mol. The number of amides is 1. The Kier molecular flexibility index (Phi) is 6.70. The van der Waals surface area contributed by atoms with Crippen LogP contribution in [0.3, 0.4) is 0 Å².